The molecule has 0 radical (unpaired) electrons. The van der Waals surface area contributed by atoms with Gasteiger partial charge in [-0.2, -0.15) is 4.98 Å². The molecule has 17 heavy (non-hydrogen) atoms. The van der Waals surface area contributed by atoms with Crippen LogP contribution in [0.3, 0.4) is 0 Å². The van der Waals surface area contributed by atoms with Crippen LogP contribution in [0.4, 0.5) is 5.82 Å². The fourth-order valence-corrected chi connectivity index (χ4v) is 1.66. The molecular weight excluding hydrogens is 259 g/mol. The van der Waals surface area contributed by atoms with Crippen LogP contribution in [0, 0.1) is 6.92 Å². The van der Waals surface area contributed by atoms with Gasteiger partial charge in [0.15, 0.2) is 11.0 Å². The molecule has 1 aromatic heterocycles. The third kappa shape index (κ3) is 3.05. The molecule has 0 spiro atoms. The molecule has 0 aliphatic rings. The number of rotatable bonds is 3. The molecule has 0 bridgehead atoms. The van der Waals surface area contributed by atoms with Gasteiger partial charge in [-0.15, -0.1) is 10.2 Å². The first-order chi connectivity index (χ1) is 8.16. The smallest absolute Gasteiger partial charge is 0.245 e. The molecule has 1 aromatic carbocycles. The summed E-state index contributed by atoms with van der Waals surface area (Å²) in [5.41, 5.74) is 2.36. The molecule has 6 heteroatoms. The van der Waals surface area contributed by atoms with Crippen LogP contribution in [0.5, 0.6) is 0 Å². The first-order valence-electron chi connectivity index (χ1n) is 5.01. The summed E-state index contributed by atoms with van der Waals surface area (Å²) in [6, 6.07) is 8.06. The summed E-state index contributed by atoms with van der Waals surface area (Å²) in [4.78, 5) is 3.97. The summed E-state index contributed by atoms with van der Waals surface area (Å²) in [6.07, 6.45) is 0. The molecule has 88 valence electrons. The van der Waals surface area contributed by atoms with Crippen LogP contribution in [0.15, 0.2) is 24.3 Å². The zero-order chi connectivity index (χ0) is 12.3. The van der Waals surface area contributed by atoms with Crippen molar-refractivity contribution < 1.29 is 0 Å². The Labute approximate surface area is 109 Å². The predicted octanol–water partition coefficient (Wildman–Crippen LogP) is 3.10. The summed E-state index contributed by atoms with van der Waals surface area (Å²) in [5, 5.41) is 10.6. The Bertz CT molecular complexity index is 531. The highest BCUT2D eigenvalue weighted by Gasteiger charge is 2.06. The van der Waals surface area contributed by atoms with E-state index < -0.39 is 0 Å². The zero-order valence-electron chi connectivity index (χ0n) is 9.11. The van der Waals surface area contributed by atoms with Crippen molar-refractivity contribution >= 4 is 29.0 Å². The van der Waals surface area contributed by atoms with E-state index in [9.17, 15) is 0 Å². The third-order valence-electron chi connectivity index (χ3n) is 2.33. The van der Waals surface area contributed by atoms with Crippen molar-refractivity contribution in [2.24, 2.45) is 0 Å². The molecule has 0 unspecified atom stereocenters. The van der Waals surface area contributed by atoms with Crippen molar-refractivity contribution in [2.75, 3.05) is 5.32 Å². The quantitative estimate of drug-likeness (QED) is 0.930. The molecule has 0 saturated heterocycles. The maximum absolute atomic E-state index is 5.84. The van der Waals surface area contributed by atoms with Gasteiger partial charge in [-0.1, -0.05) is 35.9 Å². The van der Waals surface area contributed by atoms with Crippen molar-refractivity contribution in [1.29, 1.82) is 0 Å². The minimum atomic E-state index is 0.0710. The molecule has 0 atom stereocenters. The molecule has 0 aliphatic heterocycles. The second kappa shape index (κ2) is 5.29. The second-order valence-corrected chi connectivity index (χ2v) is 4.20. The molecule has 0 aliphatic carbocycles. The van der Waals surface area contributed by atoms with Gasteiger partial charge in [0.2, 0.25) is 5.28 Å². The van der Waals surface area contributed by atoms with Gasteiger partial charge in [0, 0.05) is 6.54 Å². The minimum absolute atomic E-state index is 0.0710. The van der Waals surface area contributed by atoms with Gasteiger partial charge in [-0.05, 0) is 29.7 Å². The monoisotopic (exact) mass is 268 g/mol. The van der Waals surface area contributed by atoms with Crippen molar-refractivity contribution in [3.63, 3.8) is 0 Å². The van der Waals surface area contributed by atoms with Crippen LogP contribution < -0.4 is 5.32 Å². The van der Waals surface area contributed by atoms with Crippen LogP contribution in [-0.2, 0) is 6.54 Å². The van der Waals surface area contributed by atoms with E-state index in [-0.39, 0.29) is 10.4 Å². The van der Waals surface area contributed by atoms with Crippen LogP contribution in [0.1, 0.15) is 11.1 Å². The standard InChI is InChI=1S/C11H10Cl2N4/c1-7-4-2-3-5-8(7)6-14-10-9(12)16-17-11(13)15-10/h2-5H,6H2,1H3,(H,14,15,17). The molecule has 0 amide bonds. The maximum atomic E-state index is 5.84. The van der Waals surface area contributed by atoms with E-state index in [0.29, 0.717) is 12.4 Å². The summed E-state index contributed by atoms with van der Waals surface area (Å²) in [6.45, 7) is 2.66. The van der Waals surface area contributed by atoms with E-state index in [1.54, 1.807) is 0 Å². The summed E-state index contributed by atoms with van der Waals surface area (Å²) >= 11 is 11.5. The molecule has 2 rings (SSSR count). The Balaban J connectivity index is 2.12. The fraction of sp³-hybridized carbons (Fsp3) is 0.182. The van der Waals surface area contributed by atoms with Crippen LogP contribution >= 0.6 is 23.2 Å². The topological polar surface area (TPSA) is 50.7 Å². The lowest BCUT2D eigenvalue weighted by molar-refractivity contribution is 0.957. The lowest BCUT2D eigenvalue weighted by Crippen LogP contribution is -2.05. The lowest BCUT2D eigenvalue weighted by atomic mass is 10.1. The van der Waals surface area contributed by atoms with Crippen molar-refractivity contribution in [3.8, 4) is 0 Å². The molecular formula is C11H10Cl2N4. The average Bonchev–Trinajstić information content (AvgIpc) is 2.32. The zero-order valence-corrected chi connectivity index (χ0v) is 10.6. The Morgan fingerprint density at radius 2 is 1.94 bits per heavy atom. The van der Waals surface area contributed by atoms with Gasteiger partial charge in [-0.25, -0.2) is 0 Å². The first kappa shape index (κ1) is 12.1. The molecule has 1 heterocycles. The second-order valence-electron chi connectivity index (χ2n) is 3.50. The largest absolute Gasteiger partial charge is 0.363 e. The minimum Gasteiger partial charge on any atom is -0.363 e. The number of hydrogen-bond donors (Lipinski definition) is 1. The van der Waals surface area contributed by atoms with E-state index in [2.05, 4.69) is 20.5 Å². The van der Waals surface area contributed by atoms with Gasteiger partial charge < -0.3 is 5.32 Å². The number of anilines is 1. The van der Waals surface area contributed by atoms with E-state index in [4.69, 9.17) is 23.2 Å². The van der Waals surface area contributed by atoms with Gasteiger partial charge in [0.25, 0.3) is 0 Å². The number of hydrogen-bond acceptors (Lipinski definition) is 4. The molecule has 2 aromatic rings. The molecule has 0 fully saturated rings. The highest BCUT2D eigenvalue weighted by atomic mass is 35.5. The maximum Gasteiger partial charge on any atom is 0.245 e. The highest BCUT2D eigenvalue weighted by molar-refractivity contribution is 6.32. The van der Waals surface area contributed by atoms with Crippen LogP contribution in [0.2, 0.25) is 10.4 Å². The summed E-state index contributed by atoms with van der Waals surface area (Å²) in [7, 11) is 0. The highest BCUT2D eigenvalue weighted by Crippen LogP contribution is 2.18. The number of aromatic nitrogens is 3. The van der Waals surface area contributed by atoms with Crippen LogP contribution in [-0.4, -0.2) is 15.2 Å². The number of halogens is 2. The van der Waals surface area contributed by atoms with Crippen molar-refractivity contribution in [2.45, 2.75) is 13.5 Å². The number of nitrogens with one attached hydrogen (secondary N) is 1. The van der Waals surface area contributed by atoms with E-state index >= 15 is 0 Å². The average molecular weight is 269 g/mol. The lowest BCUT2D eigenvalue weighted by Gasteiger charge is -2.08. The van der Waals surface area contributed by atoms with Gasteiger partial charge in [-0.3, -0.25) is 0 Å². The number of aryl methyl sites for hydroxylation is 1. The molecule has 1 N–H and O–H groups in total. The summed E-state index contributed by atoms with van der Waals surface area (Å²) < 4.78 is 0. The van der Waals surface area contributed by atoms with Crippen LogP contribution in [0.25, 0.3) is 0 Å². The fourth-order valence-electron chi connectivity index (χ4n) is 1.39. The molecule has 4 nitrogen and oxygen atoms in total. The molecule has 0 saturated carbocycles. The number of benzene rings is 1. The van der Waals surface area contributed by atoms with E-state index in [1.807, 2.05) is 31.2 Å². The van der Waals surface area contributed by atoms with Crippen molar-refractivity contribution in [1.82, 2.24) is 15.2 Å². The van der Waals surface area contributed by atoms with Gasteiger partial charge >= 0.3 is 0 Å². The number of nitrogens with zero attached hydrogens (tertiary/aromatic N) is 3. The van der Waals surface area contributed by atoms with Gasteiger partial charge in [0.1, 0.15) is 0 Å². The predicted molar refractivity (Wildman–Crippen MR) is 68.4 cm³/mol. The van der Waals surface area contributed by atoms with E-state index in [0.717, 1.165) is 0 Å². The Morgan fingerprint density at radius 3 is 2.71 bits per heavy atom. The Morgan fingerprint density at radius 1 is 1.18 bits per heavy atom. The normalized spacial score (nSPS) is 10.3. The first-order valence-corrected chi connectivity index (χ1v) is 5.76. The Kier molecular flexibility index (Phi) is 3.76. The van der Waals surface area contributed by atoms with E-state index in [1.165, 1.54) is 11.1 Å². The Hall–Kier alpha value is -1.39. The SMILES string of the molecule is Cc1ccccc1CNc1nc(Cl)nnc1Cl. The summed E-state index contributed by atoms with van der Waals surface area (Å²) in [5.74, 6) is 0.440. The van der Waals surface area contributed by atoms with Gasteiger partial charge in [0.05, 0.1) is 0 Å². The van der Waals surface area contributed by atoms with Crippen molar-refractivity contribution in [3.05, 3.63) is 45.8 Å². The third-order valence-corrected chi connectivity index (χ3v) is 2.74.